The van der Waals surface area contributed by atoms with Gasteiger partial charge in [0.1, 0.15) is 0 Å². The van der Waals surface area contributed by atoms with Gasteiger partial charge in [-0.05, 0) is 0 Å². The van der Waals surface area contributed by atoms with E-state index in [1.165, 1.54) is 12.8 Å². The summed E-state index contributed by atoms with van der Waals surface area (Å²) in [7, 11) is 0. The van der Waals surface area contributed by atoms with E-state index in [0.717, 1.165) is 15.5 Å². The van der Waals surface area contributed by atoms with E-state index in [1.54, 1.807) is 11.7 Å². The van der Waals surface area contributed by atoms with Gasteiger partial charge in [-0.2, -0.15) is 0 Å². The van der Waals surface area contributed by atoms with Gasteiger partial charge in [0.05, 0.1) is 0 Å². The Kier molecular flexibility index (Phi) is 4.14. The molecule has 1 unspecified atom stereocenters. The zero-order chi connectivity index (χ0) is 9.14. The molecule has 0 amide bonds. The molecule has 1 fully saturated rings. The van der Waals surface area contributed by atoms with E-state index in [1.807, 2.05) is 0 Å². The molecule has 1 saturated heterocycles. The molecule has 0 aromatic carbocycles. The molecule has 0 bridgehead atoms. The number of rotatable bonds is 2. The van der Waals surface area contributed by atoms with E-state index in [4.69, 9.17) is 0 Å². The van der Waals surface area contributed by atoms with Crippen molar-refractivity contribution in [1.82, 2.24) is 0 Å². The van der Waals surface area contributed by atoms with Crippen molar-refractivity contribution < 1.29 is 0 Å². The summed E-state index contributed by atoms with van der Waals surface area (Å²) in [5, 5.41) is 1.63. The molecular weight excluding hydrogens is 159 g/mol. The molecule has 1 aliphatic rings. The third-order valence-corrected chi connectivity index (χ3v) is 8.58. The summed E-state index contributed by atoms with van der Waals surface area (Å²) >= 11 is -0.372. The molecule has 0 aromatic heterocycles. The Balaban J connectivity index is 2.54. The highest BCUT2D eigenvalue weighted by atomic mass is 27.2. The molecule has 0 radical (unpaired) electrons. The van der Waals surface area contributed by atoms with Gasteiger partial charge in [-0.1, -0.05) is 67.7 Å². The Labute approximate surface area is 82.1 Å². The fourth-order valence-corrected chi connectivity index (χ4v) is 7.34. The third-order valence-electron chi connectivity index (χ3n) is 3.59. The molecule has 1 rings (SSSR count). The lowest BCUT2D eigenvalue weighted by atomic mass is 10.0. The lowest BCUT2D eigenvalue weighted by molar-refractivity contribution is 0.493. The van der Waals surface area contributed by atoms with Crippen LogP contribution in [0.3, 0.4) is 0 Å². The molecule has 1 heterocycles. The van der Waals surface area contributed by atoms with Gasteiger partial charge in [-0.3, -0.25) is 0 Å². The summed E-state index contributed by atoms with van der Waals surface area (Å²) in [6.07, 6.45) is 4.60. The van der Waals surface area contributed by atoms with Crippen LogP contribution < -0.4 is 0 Å². The van der Waals surface area contributed by atoms with E-state index in [-0.39, 0.29) is 14.1 Å². The van der Waals surface area contributed by atoms with Crippen LogP contribution in [0.4, 0.5) is 0 Å². The molecule has 1 atom stereocenters. The van der Waals surface area contributed by atoms with Crippen LogP contribution in [-0.2, 0) is 0 Å². The van der Waals surface area contributed by atoms with Crippen molar-refractivity contribution in [3.63, 3.8) is 0 Å². The zero-order valence-corrected chi connectivity index (χ0v) is 10.3. The Morgan fingerprint density at radius 2 is 1.75 bits per heavy atom. The molecule has 12 heavy (non-hydrogen) atoms. The first-order chi connectivity index (χ1) is 5.63. The predicted octanol–water partition coefficient (Wildman–Crippen LogP) is 4.10. The first-order valence-corrected chi connectivity index (χ1v) is 7.78. The molecule has 0 spiro atoms. The van der Waals surface area contributed by atoms with E-state index >= 15 is 0 Å². The monoisotopic (exact) mass is 182 g/mol. The van der Waals surface area contributed by atoms with Crippen LogP contribution in [0.2, 0.25) is 14.8 Å². The van der Waals surface area contributed by atoms with Crippen LogP contribution in [0.5, 0.6) is 0 Å². The SMILES string of the molecule is CC(C)[CH]1CCC[CH2][Al]1[CH](C)C. The summed E-state index contributed by atoms with van der Waals surface area (Å²) in [5.41, 5.74) is 0. The Bertz CT molecular complexity index is 113. The molecule has 0 aromatic rings. The van der Waals surface area contributed by atoms with Gasteiger partial charge in [0.2, 0.25) is 0 Å². The summed E-state index contributed by atoms with van der Waals surface area (Å²) in [6.45, 7) is 9.77. The van der Waals surface area contributed by atoms with Crippen molar-refractivity contribution in [3.05, 3.63) is 0 Å². The van der Waals surface area contributed by atoms with Gasteiger partial charge in [0.25, 0.3) is 14.1 Å². The smallest absolute Gasteiger partial charge is 0.0935 e. The lowest BCUT2D eigenvalue weighted by Crippen LogP contribution is -2.30. The van der Waals surface area contributed by atoms with Crippen molar-refractivity contribution in [2.24, 2.45) is 5.92 Å². The van der Waals surface area contributed by atoms with E-state index in [9.17, 15) is 0 Å². The fraction of sp³-hybridized carbons (Fsp3) is 1.00. The zero-order valence-electron chi connectivity index (χ0n) is 9.14. The molecule has 1 aliphatic heterocycles. The van der Waals surface area contributed by atoms with Crippen molar-refractivity contribution in [1.29, 1.82) is 0 Å². The predicted molar refractivity (Wildman–Crippen MR) is 58.1 cm³/mol. The first-order valence-electron chi connectivity index (χ1n) is 5.63. The number of hydrogen-bond donors (Lipinski definition) is 0. The van der Waals surface area contributed by atoms with Crippen LogP contribution in [0.25, 0.3) is 0 Å². The molecule has 0 saturated carbocycles. The Hall–Kier alpha value is 0.532. The van der Waals surface area contributed by atoms with Gasteiger partial charge in [0, 0.05) is 0 Å². The second kappa shape index (κ2) is 4.68. The topological polar surface area (TPSA) is 0 Å². The minimum absolute atomic E-state index is 0.372. The van der Waals surface area contributed by atoms with Gasteiger partial charge >= 0.3 is 0 Å². The maximum absolute atomic E-state index is 2.46. The lowest BCUT2D eigenvalue weighted by Gasteiger charge is -2.33. The van der Waals surface area contributed by atoms with Crippen molar-refractivity contribution in [2.75, 3.05) is 0 Å². The molecule has 1 heteroatoms. The molecule has 70 valence electrons. The van der Waals surface area contributed by atoms with E-state index < -0.39 is 0 Å². The standard InChI is InChI=1S/C8H16.C3H7.Al/c1-4-5-6-7-8(2)3;1-3-2;/h7-8H,1,4-6H2,2-3H3;3H,1-2H3;. The van der Waals surface area contributed by atoms with Crippen LogP contribution in [0.1, 0.15) is 47.0 Å². The second-order valence-corrected chi connectivity index (χ2v) is 9.19. The highest BCUT2D eigenvalue weighted by Gasteiger charge is 2.34. The van der Waals surface area contributed by atoms with Gasteiger partial charge < -0.3 is 0 Å². The van der Waals surface area contributed by atoms with Crippen molar-refractivity contribution in [3.8, 4) is 0 Å². The maximum atomic E-state index is 2.46. The summed E-state index contributed by atoms with van der Waals surface area (Å²) in [4.78, 5) is 0. The second-order valence-electron chi connectivity index (χ2n) is 5.10. The Morgan fingerprint density at radius 1 is 1.08 bits per heavy atom. The first kappa shape index (κ1) is 10.6. The summed E-state index contributed by atoms with van der Waals surface area (Å²) in [5.74, 6) is 0.962. The third kappa shape index (κ3) is 2.51. The fourth-order valence-electron chi connectivity index (χ4n) is 2.84. The van der Waals surface area contributed by atoms with Crippen molar-refractivity contribution >= 4 is 14.1 Å². The molecule has 0 nitrogen and oxygen atoms in total. The van der Waals surface area contributed by atoms with Crippen LogP contribution in [0, 0.1) is 5.92 Å². The van der Waals surface area contributed by atoms with Crippen LogP contribution >= 0.6 is 0 Å². The highest BCUT2D eigenvalue weighted by molar-refractivity contribution is 6.62. The van der Waals surface area contributed by atoms with E-state index in [2.05, 4.69) is 27.7 Å². The summed E-state index contributed by atoms with van der Waals surface area (Å²) in [6, 6.07) is 0. The van der Waals surface area contributed by atoms with Gasteiger partial charge in [-0.15, -0.1) is 0 Å². The quantitative estimate of drug-likeness (QED) is 0.564. The molecule has 0 N–H and O–H groups in total. The highest BCUT2D eigenvalue weighted by Crippen LogP contribution is 2.39. The van der Waals surface area contributed by atoms with Gasteiger partial charge in [0.15, 0.2) is 0 Å². The molecule has 0 aliphatic carbocycles. The van der Waals surface area contributed by atoms with Crippen LogP contribution in [0.15, 0.2) is 0 Å². The molecular formula is C11H23Al. The van der Waals surface area contributed by atoms with E-state index in [0.29, 0.717) is 0 Å². The minimum atomic E-state index is -0.372. The maximum Gasteiger partial charge on any atom is 0.268 e. The van der Waals surface area contributed by atoms with Crippen LogP contribution in [-0.4, -0.2) is 14.1 Å². The average Bonchev–Trinajstić information content (AvgIpc) is 2.04. The minimum Gasteiger partial charge on any atom is -0.0935 e. The normalized spacial score (nSPS) is 25.5. The number of hydrogen-bond acceptors (Lipinski definition) is 0. The average molecular weight is 182 g/mol. The summed E-state index contributed by atoms with van der Waals surface area (Å²) < 4.78 is 2.19. The van der Waals surface area contributed by atoms with Gasteiger partial charge in [-0.25, -0.2) is 0 Å². The van der Waals surface area contributed by atoms with Crippen molar-refractivity contribution in [2.45, 2.75) is 61.8 Å². The Morgan fingerprint density at radius 3 is 2.17 bits per heavy atom. The largest absolute Gasteiger partial charge is 0.268 e.